The van der Waals surface area contributed by atoms with Crippen LogP contribution in [0.4, 0.5) is 0 Å². The highest BCUT2D eigenvalue weighted by Crippen LogP contribution is 2.27. The average molecular weight is 275 g/mol. The van der Waals surface area contributed by atoms with Crippen LogP contribution in [0, 0.1) is 0 Å². The number of hydrogen-bond acceptors (Lipinski definition) is 3. The summed E-state index contributed by atoms with van der Waals surface area (Å²) < 4.78 is 5.48. The Labute approximate surface area is 119 Å². The molecule has 1 aromatic rings. The minimum Gasteiger partial charge on any atom is -0.493 e. The molecule has 1 amide bonds. The van der Waals surface area contributed by atoms with Crippen LogP contribution in [0.1, 0.15) is 41.6 Å². The van der Waals surface area contributed by atoms with Gasteiger partial charge in [0.2, 0.25) is 0 Å². The molecule has 1 fully saturated rings. The van der Waals surface area contributed by atoms with E-state index < -0.39 is 0 Å². The van der Waals surface area contributed by atoms with E-state index in [2.05, 4.69) is 0 Å². The maximum Gasteiger partial charge on any atom is 0.254 e. The molecule has 1 atom stereocenters. The summed E-state index contributed by atoms with van der Waals surface area (Å²) >= 11 is 0. The van der Waals surface area contributed by atoms with Gasteiger partial charge in [-0.1, -0.05) is 12.8 Å². The molecule has 0 spiro atoms. The van der Waals surface area contributed by atoms with Crippen molar-refractivity contribution >= 4 is 5.91 Å². The number of aliphatic hydroxyl groups is 1. The van der Waals surface area contributed by atoms with Gasteiger partial charge in [-0.25, -0.2) is 0 Å². The summed E-state index contributed by atoms with van der Waals surface area (Å²) in [6.45, 7) is 1.51. The third-order valence-corrected chi connectivity index (χ3v) is 4.29. The van der Waals surface area contributed by atoms with E-state index in [1.165, 1.54) is 0 Å². The van der Waals surface area contributed by atoms with Gasteiger partial charge in [0.05, 0.1) is 19.3 Å². The van der Waals surface area contributed by atoms with Crippen molar-refractivity contribution in [3.8, 4) is 5.75 Å². The highest BCUT2D eigenvalue weighted by Gasteiger charge is 2.26. The molecular formula is C16H21NO3. The standard InChI is InChI=1S/C16H21NO3/c18-11-14-4-2-1-3-8-17(14)16(19)13-5-6-15-12(10-13)7-9-20-15/h5-6,10,14,18H,1-4,7-9,11H2. The van der Waals surface area contributed by atoms with Gasteiger partial charge in [0.1, 0.15) is 5.75 Å². The van der Waals surface area contributed by atoms with Gasteiger partial charge in [0.15, 0.2) is 0 Å². The Hall–Kier alpha value is -1.55. The summed E-state index contributed by atoms with van der Waals surface area (Å²) in [7, 11) is 0. The van der Waals surface area contributed by atoms with E-state index in [1.54, 1.807) is 0 Å². The second kappa shape index (κ2) is 5.83. The second-order valence-corrected chi connectivity index (χ2v) is 5.61. The molecule has 2 aliphatic heterocycles. The number of aliphatic hydroxyl groups excluding tert-OH is 1. The number of rotatable bonds is 2. The minimum absolute atomic E-state index is 0.0329. The first-order valence-electron chi connectivity index (χ1n) is 7.47. The number of carbonyl (C=O) groups is 1. The molecule has 3 rings (SSSR count). The Morgan fingerprint density at radius 3 is 3.10 bits per heavy atom. The Morgan fingerprint density at radius 1 is 1.35 bits per heavy atom. The number of ether oxygens (including phenoxy) is 1. The van der Waals surface area contributed by atoms with Crippen molar-refractivity contribution in [3.63, 3.8) is 0 Å². The van der Waals surface area contributed by atoms with Crippen LogP contribution < -0.4 is 4.74 Å². The summed E-state index contributed by atoms with van der Waals surface area (Å²) in [5.41, 5.74) is 1.83. The first-order valence-corrected chi connectivity index (χ1v) is 7.47. The van der Waals surface area contributed by atoms with Crippen molar-refractivity contribution in [2.24, 2.45) is 0 Å². The Bertz CT molecular complexity index is 500. The first-order chi connectivity index (χ1) is 9.79. The third kappa shape index (κ3) is 2.52. The van der Waals surface area contributed by atoms with Crippen molar-refractivity contribution in [2.45, 2.75) is 38.1 Å². The van der Waals surface area contributed by atoms with E-state index >= 15 is 0 Å². The largest absolute Gasteiger partial charge is 0.493 e. The number of benzene rings is 1. The van der Waals surface area contributed by atoms with E-state index in [4.69, 9.17) is 4.74 Å². The molecule has 0 radical (unpaired) electrons. The molecule has 1 saturated heterocycles. The molecular weight excluding hydrogens is 254 g/mol. The predicted molar refractivity (Wildman–Crippen MR) is 76.0 cm³/mol. The molecule has 1 aromatic carbocycles. The van der Waals surface area contributed by atoms with Gasteiger partial charge in [0, 0.05) is 18.5 Å². The van der Waals surface area contributed by atoms with Crippen molar-refractivity contribution in [1.29, 1.82) is 0 Å². The molecule has 4 nitrogen and oxygen atoms in total. The number of fused-ring (bicyclic) bond motifs is 1. The fraction of sp³-hybridized carbons (Fsp3) is 0.562. The van der Waals surface area contributed by atoms with E-state index in [9.17, 15) is 9.90 Å². The highest BCUT2D eigenvalue weighted by atomic mass is 16.5. The fourth-order valence-electron chi connectivity index (χ4n) is 3.12. The van der Waals surface area contributed by atoms with Crippen LogP contribution in [0.2, 0.25) is 0 Å². The molecule has 2 aliphatic rings. The van der Waals surface area contributed by atoms with Crippen LogP contribution in [-0.4, -0.2) is 41.7 Å². The molecule has 0 bridgehead atoms. The zero-order chi connectivity index (χ0) is 13.9. The Morgan fingerprint density at radius 2 is 2.25 bits per heavy atom. The maximum absolute atomic E-state index is 12.7. The molecule has 20 heavy (non-hydrogen) atoms. The normalized spacial score (nSPS) is 22.1. The molecule has 4 heteroatoms. The van der Waals surface area contributed by atoms with Gasteiger partial charge in [-0.2, -0.15) is 0 Å². The summed E-state index contributed by atoms with van der Waals surface area (Å²) in [5.74, 6) is 0.941. The number of likely N-dealkylation sites (tertiary alicyclic amines) is 1. The van der Waals surface area contributed by atoms with E-state index in [0.717, 1.165) is 55.5 Å². The van der Waals surface area contributed by atoms with Crippen molar-refractivity contribution in [1.82, 2.24) is 4.90 Å². The molecule has 0 aromatic heterocycles. The van der Waals surface area contributed by atoms with Crippen LogP contribution in [0.3, 0.4) is 0 Å². The van der Waals surface area contributed by atoms with Gasteiger partial charge < -0.3 is 14.7 Å². The topological polar surface area (TPSA) is 49.8 Å². The molecule has 2 heterocycles. The molecule has 1 N–H and O–H groups in total. The third-order valence-electron chi connectivity index (χ3n) is 4.29. The summed E-state index contributed by atoms with van der Waals surface area (Å²) in [6, 6.07) is 5.64. The van der Waals surface area contributed by atoms with E-state index in [-0.39, 0.29) is 18.6 Å². The Kier molecular flexibility index (Phi) is 3.92. The van der Waals surface area contributed by atoms with Crippen LogP contribution in [-0.2, 0) is 6.42 Å². The monoisotopic (exact) mass is 275 g/mol. The summed E-state index contributed by atoms with van der Waals surface area (Å²) in [5, 5.41) is 9.52. The zero-order valence-corrected chi connectivity index (χ0v) is 11.7. The molecule has 0 aliphatic carbocycles. The number of carbonyl (C=O) groups excluding carboxylic acids is 1. The van der Waals surface area contributed by atoms with Crippen LogP contribution in [0.15, 0.2) is 18.2 Å². The second-order valence-electron chi connectivity index (χ2n) is 5.61. The molecule has 1 unspecified atom stereocenters. The quantitative estimate of drug-likeness (QED) is 0.898. The lowest BCUT2D eigenvalue weighted by Gasteiger charge is -2.28. The zero-order valence-electron chi connectivity index (χ0n) is 11.7. The van der Waals surface area contributed by atoms with Gasteiger partial charge >= 0.3 is 0 Å². The van der Waals surface area contributed by atoms with Crippen LogP contribution >= 0.6 is 0 Å². The lowest BCUT2D eigenvalue weighted by Crippen LogP contribution is -2.42. The van der Waals surface area contributed by atoms with Crippen molar-refractivity contribution in [2.75, 3.05) is 19.8 Å². The number of amides is 1. The van der Waals surface area contributed by atoms with E-state index in [1.807, 2.05) is 23.1 Å². The van der Waals surface area contributed by atoms with Crippen LogP contribution in [0.5, 0.6) is 5.75 Å². The average Bonchev–Trinajstić information content (AvgIpc) is 2.81. The maximum atomic E-state index is 12.7. The van der Waals surface area contributed by atoms with Gasteiger partial charge in [-0.3, -0.25) is 4.79 Å². The van der Waals surface area contributed by atoms with E-state index in [0.29, 0.717) is 6.61 Å². The van der Waals surface area contributed by atoms with Crippen LogP contribution in [0.25, 0.3) is 0 Å². The van der Waals surface area contributed by atoms with Crippen molar-refractivity contribution < 1.29 is 14.6 Å². The highest BCUT2D eigenvalue weighted by molar-refractivity contribution is 5.95. The smallest absolute Gasteiger partial charge is 0.254 e. The number of nitrogens with zero attached hydrogens (tertiary/aromatic N) is 1. The molecule has 0 saturated carbocycles. The fourth-order valence-corrected chi connectivity index (χ4v) is 3.12. The summed E-state index contributed by atoms with van der Waals surface area (Å²) in [6.07, 6.45) is 5.03. The lowest BCUT2D eigenvalue weighted by molar-refractivity contribution is 0.0599. The summed E-state index contributed by atoms with van der Waals surface area (Å²) in [4.78, 5) is 14.5. The van der Waals surface area contributed by atoms with Gasteiger partial charge in [-0.15, -0.1) is 0 Å². The first kappa shape index (κ1) is 13.4. The van der Waals surface area contributed by atoms with Gasteiger partial charge in [0.25, 0.3) is 5.91 Å². The predicted octanol–water partition coefficient (Wildman–Crippen LogP) is 2.00. The number of hydrogen-bond donors (Lipinski definition) is 1. The lowest BCUT2D eigenvalue weighted by atomic mass is 10.1. The Balaban J connectivity index is 1.83. The SMILES string of the molecule is O=C(c1ccc2c(c1)CCO2)N1CCCCCC1CO. The van der Waals surface area contributed by atoms with Gasteiger partial charge in [-0.05, 0) is 36.6 Å². The molecule has 108 valence electrons. The van der Waals surface area contributed by atoms with Crippen molar-refractivity contribution in [3.05, 3.63) is 29.3 Å². The minimum atomic E-state index is -0.0329.